The molecule has 0 unspecified atom stereocenters. The first-order valence-corrected chi connectivity index (χ1v) is 6.68. The van der Waals surface area contributed by atoms with Crippen LogP contribution >= 0.6 is 0 Å². The van der Waals surface area contributed by atoms with Gasteiger partial charge in [0.2, 0.25) is 0 Å². The van der Waals surface area contributed by atoms with Crippen LogP contribution in [0, 0.1) is 0 Å². The molecule has 0 bridgehead atoms. The third kappa shape index (κ3) is 5.10. The number of ether oxygens (including phenoxy) is 1. The summed E-state index contributed by atoms with van der Waals surface area (Å²) in [7, 11) is 0. The van der Waals surface area contributed by atoms with Crippen molar-refractivity contribution in [3.05, 3.63) is 60.4 Å². The first kappa shape index (κ1) is 14.1. The number of pyridine rings is 1. The maximum Gasteiger partial charge on any atom is 0.257 e. The molecule has 1 aromatic heterocycles. The molecule has 0 radical (unpaired) electrons. The number of aryl methyl sites for hydroxylation is 1. The monoisotopic (exact) mass is 270 g/mol. The average Bonchev–Trinajstić information content (AvgIpc) is 2.52. The Labute approximate surface area is 118 Å². The second-order valence-electron chi connectivity index (χ2n) is 4.42. The number of nitrogens with one attached hydrogen (secondary N) is 1. The Kier molecular flexibility index (Phi) is 5.58. The number of hydrogen-bond acceptors (Lipinski definition) is 3. The van der Waals surface area contributed by atoms with Gasteiger partial charge in [-0.3, -0.25) is 9.78 Å². The summed E-state index contributed by atoms with van der Waals surface area (Å²) in [5, 5.41) is 2.84. The number of benzene rings is 1. The predicted octanol–water partition coefficient (Wildman–Crippen LogP) is 2.21. The Morgan fingerprint density at radius 2 is 2.00 bits per heavy atom. The van der Waals surface area contributed by atoms with Gasteiger partial charge < -0.3 is 10.1 Å². The summed E-state index contributed by atoms with van der Waals surface area (Å²) in [4.78, 5) is 15.6. The molecule has 0 aliphatic carbocycles. The summed E-state index contributed by atoms with van der Waals surface area (Å²) in [5.41, 5.74) is 1.18. The van der Waals surface area contributed by atoms with Gasteiger partial charge in [-0.15, -0.1) is 0 Å². The largest absolute Gasteiger partial charge is 0.484 e. The summed E-state index contributed by atoms with van der Waals surface area (Å²) in [6, 6.07) is 13.3. The fourth-order valence-corrected chi connectivity index (χ4v) is 1.78. The van der Waals surface area contributed by atoms with E-state index in [0.29, 0.717) is 12.3 Å². The van der Waals surface area contributed by atoms with E-state index in [1.807, 2.05) is 48.7 Å². The topological polar surface area (TPSA) is 51.2 Å². The Bertz CT molecular complexity index is 515. The van der Waals surface area contributed by atoms with Crippen LogP contribution in [-0.2, 0) is 11.2 Å². The second kappa shape index (κ2) is 7.94. The lowest BCUT2D eigenvalue weighted by Gasteiger charge is -2.07. The highest BCUT2D eigenvalue weighted by Crippen LogP contribution is 2.07. The summed E-state index contributed by atoms with van der Waals surface area (Å²) >= 11 is 0. The van der Waals surface area contributed by atoms with Gasteiger partial charge in [0.05, 0.1) is 0 Å². The van der Waals surface area contributed by atoms with E-state index in [-0.39, 0.29) is 12.5 Å². The number of hydrogen-bond donors (Lipinski definition) is 1. The van der Waals surface area contributed by atoms with Crippen molar-refractivity contribution >= 4 is 5.91 Å². The van der Waals surface area contributed by atoms with E-state index >= 15 is 0 Å². The molecule has 2 rings (SSSR count). The number of carbonyl (C=O) groups excluding carboxylic acids is 1. The maximum absolute atomic E-state index is 11.6. The molecule has 4 nitrogen and oxygen atoms in total. The Morgan fingerprint density at radius 1 is 1.15 bits per heavy atom. The van der Waals surface area contributed by atoms with Crippen LogP contribution in [0.4, 0.5) is 0 Å². The maximum atomic E-state index is 11.6. The van der Waals surface area contributed by atoms with Crippen molar-refractivity contribution in [1.82, 2.24) is 10.3 Å². The number of nitrogens with zero attached hydrogens (tertiary/aromatic N) is 1. The first-order chi connectivity index (χ1) is 9.84. The first-order valence-electron chi connectivity index (χ1n) is 6.68. The number of rotatable bonds is 7. The molecule has 1 N–H and O–H groups in total. The molecule has 0 fully saturated rings. The van der Waals surface area contributed by atoms with Crippen molar-refractivity contribution < 1.29 is 9.53 Å². The van der Waals surface area contributed by atoms with E-state index < -0.39 is 0 Å². The minimum Gasteiger partial charge on any atom is -0.484 e. The summed E-state index contributed by atoms with van der Waals surface area (Å²) in [6.45, 7) is 0.697. The molecule has 2 aromatic rings. The Balaban J connectivity index is 1.59. The molecule has 4 heteroatoms. The van der Waals surface area contributed by atoms with Gasteiger partial charge in [0.15, 0.2) is 6.61 Å². The molecule has 0 saturated heterocycles. The zero-order valence-electron chi connectivity index (χ0n) is 11.3. The predicted molar refractivity (Wildman–Crippen MR) is 77.5 cm³/mol. The Morgan fingerprint density at radius 3 is 2.75 bits per heavy atom. The number of aromatic nitrogens is 1. The van der Waals surface area contributed by atoms with Crippen molar-refractivity contribution in [2.24, 2.45) is 0 Å². The molecule has 1 heterocycles. The van der Waals surface area contributed by atoms with Gasteiger partial charge in [-0.25, -0.2) is 0 Å². The van der Waals surface area contributed by atoms with E-state index in [1.165, 1.54) is 5.56 Å². The molecular formula is C16H18N2O2. The smallest absolute Gasteiger partial charge is 0.257 e. The van der Waals surface area contributed by atoms with Crippen molar-refractivity contribution in [3.63, 3.8) is 0 Å². The van der Waals surface area contributed by atoms with Crippen LogP contribution in [-0.4, -0.2) is 24.0 Å². The molecule has 104 valence electrons. The van der Waals surface area contributed by atoms with Crippen molar-refractivity contribution in [2.75, 3.05) is 13.2 Å². The summed E-state index contributed by atoms with van der Waals surface area (Å²) in [5.74, 6) is 0.609. The number of para-hydroxylation sites is 1. The minimum absolute atomic E-state index is 0.0525. The third-order valence-corrected chi connectivity index (χ3v) is 2.80. The van der Waals surface area contributed by atoms with Gasteiger partial charge >= 0.3 is 0 Å². The highest BCUT2D eigenvalue weighted by molar-refractivity contribution is 5.77. The molecule has 1 aromatic carbocycles. The lowest BCUT2D eigenvalue weighted by molar-refractivity contribution is -0.123. The molecule has 0 aliphatic rings. The summed E-state index contributed by atoms with van der Waals surface area (Å²) < 4.78 is 5.36. The highest BCUT2D eigenvalue weighted by atomic mass is 16.5. The van der Waals surface area contributed by atoms with Gasteiger partial charge in [0.25, 0.3) is 5.91 Å². The van der Waals surface area contributed by atoms with Crippen LogP contribution < -0.4 is 10.1 Å². The van der Waals surface area contributed by atoms with Gasteiger partial charge in [0, 0.05) is 18.9 Å². The van der Waals surface area contributed by atoms with Gasteiger partial charge in [-0.2, -0.15) is 0 Å². The normalized spacial score (nSPS) is 10.0. The minimum atomic E-state index is -0.0972. The molecule has 1 amide bonds. The summed E-state index contributed by atoms with van der Waals surface area (Å²) in [6.07, 6.45) is 5.41. The van der Waals surface area contributed by atoms with E-state index in [1.54, 1.807) is 6.20 Å². The molecular weight excluding hydrogens is 252 g/mol. The molecule has 0 atom stereocenters. The second-order valence-corrected chi connectivity index (χ2v) is 4.42. The SMILES string of the molecule is O=C(COc1ccccc1)NCCCc1cccnc1. The van der Waals surface area contributed by atoms with Crippen LogP contribution in [0.5, 0.6) is 5.75 Å². The Hall–Kier alpha value is -2.36. The quantitative estimate of drug-likeness (QED) is 0.785. The van der Waals surface area contributed by atoms with Gasteiger partial charge in [-0.05, 0) is 36.6 Å². The standard InChI is InChI=1S/C16H18N2O2/c19-16(13-20-15-8-2-1-3-9-15)18-11-5-7-14-6-4-10-17-12-14/h1-4,6,8-10,12H,5,7,11,13H2,(H,18,19). The van der Waals surface area contributed by atoms with E-state index in [0.717, 1.165) is 12.8 Å². The van der Waals surface area contributed by atoms with Crippen LogP contribution in [0.15, 0.2) is 54.9 Å². The fourth-order valence-electron chi connectivity index (χ4n) is 1.78. The third-order valence-electron chi connectivity index (χ3n) is 2.80. The van der Waals surface area contributed by atoms with Gasteiger partial charge in [0.1, 0.15) is 5.75 Å². The van der Waals surface area contributed by atoms with E-state index in [9.17, 15) is 4.79 Å². The fraction of sp³-hybridized carbons (Fsp3) is 0.250. The van der Waals surface area contributed by atoms with Gasteiger partial charge in [-0.1, -0.05) is 24.3 Å². The molecule has 0 spiro atoms. The molecule has 0 saturated carbocycles. The number of carbonyl (C=O) groups is 1. The van der Waals surface area contributed by atoms with Crippen molar-refractivity contribution in [1.29, 1.82) is 0 Å². The zero-order chi connectivity index (χ0) is 14.0. The lowest BCUT2D eigenvalue weighted by Crippen LogP contribution is -2.29. The van der Waals surface area contributed by atoms with Crippen LogP contribution in [0.1, 0.15) is 12.0 Å². The number of amides is 1. The van der Waals surface area contributed by atoms with Crippen LogP contribution in [0.2, 0.25) is 0 Å². The van der Waals surface area contributed by atoms with Crippen LogP contribution in [0.3, 0.4) is 0 Å². The van der Waals surface area contributed by atoms with E-state index in [2.05, 4.69) is 10.3 Å². The molecule has 0 aliphatic heterocycles. The van der Waals surface area contributed by atoms with Crippen molar-refractivity contribution in [3.8, 4) is 5.75 Å². The van der Waals surface area contributed by atoms with Crippen molar-refractivity contribution in [2.45, 2.75) is 12.8 Å². The lowest BCUT2D eigenvalue weighted by atomic mass is 10.1. The van der Waals surface area contributed by atoms with Crippen LogP contribution in [0.25, 0.3) is 0 Å². The highest BCUT2D eigenvalue weighted by Gasteiger charge is 2.01. The van der Waals surface area contributed by atoms with E-state index in [4.69, 9.17) is 4.74 Å². The average molecular weight is 270 g/mol. The zero-order valence-corrected chi connectivity index (χ0v) is 11.3. The molecule has 20 heavy (non-hydrogen) atoms.